The van der Waals surface area contributed by atoms with Crippen LogP contribution in [0.2, 0.25) is 0 Å². The van der Waals surface area contributed by atoms with Gasteiger partial charge in [0.05, 0.1) is 11.5 Å². The molecule has 196 valence electrons. The van der Waals surface area contributed by atoms with Crippen LogP contribution in [-0.2, 0) is 34.1 Å². The topological polar surface area (TPSA) is 76.6 Å². The second kappa shape index (κ2) is 12.6. The van der Waals surface area contributed by atoms with Crippen LogP contribution in [0.3, 0.4) is 0 Å². The third kappa shape index (κ3) is 6.94. The summed E-state index contributed by atoms with van der Waals surface area (Å²) in [5, 5.41) is 0. The van der Waals surface area contributed by atoms with Crippen molar-refractivity contribution in [3.63, 3.8) is 0 Å². The fraction of sp³-hybridized carbons (Fsp3) is 0.226. The molecule has 0 aliphatic carbocycles. The molecule has 0 saturated heterocycles. The number of aromatic nitrogens is 1. The van der Waals surface area contributed by atoms with E-state index in [1.165, 1.54) is 18.4 Å². The van der Waals surface area contributed by atoms with Gasteiger partial charge in [0.1, 0.15) is 11.5 Å². The molecular formula is C31H32N2O4S. The quantitative estimate of drug-likeness (QED) is 0.247. The number of hydrogen-bond acceptors (Lipinski definition) is 5. The van der Waals surface area contributed by atoms with Gasteiger partial charge >= 0.3 is 0 Å². The molecule has 1 heterocycles. The lowest BCUT2D eigenvalue weighted by Crippen LogP contribution is -2.22. The van der Waals surface area contributed by atoms with Crippen LogP contribution in [0, 0.1) is 0 Å². The summed E-state index contributed by atoms with van der Waals surface area (Å²) in [5.41, 5.74) is 4.57. The van der Waals surface area contributed by atoms with Crippen molar-refractivity contribution in [1.29, 1.82) is 0 Å². The summed E-state index contributed by atoms with van der Waals surface area (Å²) >= 11 is 0. The van der Waals surface area contributed by atoms with E-state index in [-0.39, 0.29) is 10.7 Å². The highest BCUT2D eigenvalue weighted by Gasteiger charge is 2.22. The Morgan fingerprint density at radius 1 is 0.816 bits per heavy atom. The van der Waals surface area contributed by atoms with E-state index in [9.17, 15) is 13.2 Å². The number of carbonyl (C=O) groups excluding carboxylic acids is 1. The van der Waals surface area contributed by atoms with E-state index in [2.05, 4.69) is 4.98 Å². The summed E-state index contributed by atoms with van der Waals surface area (Å²) in [6, 6.07) is 26.3. The van der Waals surface area contributed by atoms with Crippen molar-refractivity contribution >= 4 is 15.8 Å². The maximum atomic E-state index is 12.9. The number of hydrogen-bond donors (Lipinski definition) is 0. The van der Waals surface area contributed by atoms with Crippen molar-refractivity contribution in [2.45, 2.75) is 30.6 Å². The Bertz CT molecular complexity index is 1470. The molecule has 0 N–H and O–H groups in total. The van der Waals surface area contributed by atoms with Crippen LogP contribution in [0.25, 0.3) is 11.1 Å². The van der Waals surface area contributed by atoms with Gasteiger partial charge in [-0.05, 0) is 52.9 Å². The number of Topliss-reactive ketones (excluding diaryl/α,β-unsaturated/α-hetero) is 1. The fourth-order valence-electron chi connectivity index (χ4n) is 4.24. The maximum absolute atomic E-state index is 12.9. The van der Waals surface area contributed by atoms with E-state index in [1.54, 1.807) is 24.5 Å². The van der Waals surface area contributed by atoms with Crippen LogP contribution < -0.4 is 4.74 Å². The van der Waals surface area contributed by atoms with Crippen molar-refractivity contribution in [2.75, 3.05) is 20.7 Å². The molecular weight excluding hydrogens is 496 g/mol. The highest BCUT2D eigenvalue weighted by molar-refractivity contribution is 7.89. The van der Waals surface area contributed by atoms with Gasteiger partial charge < -0.3 is 4.74 Å². The fourth-order valence-corrected chi connectivity index (χ4v) is 5.34. The molecule has 0 bridgehead atoms. The largest absolute Gasteiger partial charge is 0.493 e. The number of pyridine rings is 1. The zero-order valence-corrected chi connectivity index (χ0v) is 22.5. The monoisotopic (exact) mass is 528 g/mol. The SMILES string of the molecule is CN(C)S(=O)(=O)c1ccccc1-c1ccccc1CCOc1ccc(CC(=O)CCc2cccnc2)cc1. The van der Waals surface area contributed by atoms with E-state index in [1.807, 2.05) is 72.8 Å². The number of carbonyl (C=O) groups is 1. The molecule has 4 rings (SSSR count). The van der Waals surface area contributed by atoms with Gasteiger partial charge in [-0.2, -0.15) is 0 Å². The van der Waals surface area contributed by atoms with Crippen LogP contribution in [0.4, 0.5) is 0 Å². The lowest BCUT2D eigenvalue weighted by Gasteiger charge is -2.17. The van der Waals surface area contributed by atoms with Crippen LogP contribution in [0.15, 0.2) is 102 Å². The first-order valence-corrected chi connectivity index (χ1v) is 14.0. The molecule has 0 unspecified atom stereocenters. The Kier molecular flexibility index (Phi) is 9.05. The summed E-state index contributed by atoms with van der Waals surface area (Å²) < 4.78 is 33.0. The third-order valence-corrected chi connectivity index (χ3v) is 8.21. The van der Waals surface area contributed by atoms with E-state index < -0.39 is 10.0 Å². The Labute approximate surface area is 225 Å². The van der Waals surface area contributed by atoms with Crippen molar-refractivity contribution in [3.05, 3.63) is 114 Å². The average molecular weight is 529 g/mol. The number of nitrogens with zero attached hydrogens (tertiary/aromatic N) is 2. The minimum atomic E-state index is -3.59. The van der Waals surface area contributed by atoms with Gasteiger partial charge in [-0.15, -0.1) is 0 Å². The summed E-state index contributed by atoms with van der Waals surface area (Å²) in [4.78, 5) is 16.7. The molecule has 1 aromatic heterocycles. The first-order chi connectivity index (χ1) is 18.3. The van der Waals surface area contributed by atoms with E-state index in [0.29, 0.717) is 37.9 Å². The predicted molar refractivity (Wildman–Crippen MR) is 150 cm³/mol. The molecule has 0 amide bonds. The molecule has 0 fully saturated rings. The van der Waals surface area contributed by atoms with E-state index in [0.717, 1.165) is 28.0 Å². The zero-order valence-electron chi connectivity index (χ0n) is 21.7. The minimum Gasteiger partial charge on any atom is -0.493 e. The van der Waals surface area contributed by atoms with Crippen LogP contribution >= 0.6 is 0 Å². The van der Waals surface area contributed by atoms with Gasteiger partial charge in [-0.3, -0.25) is 9.78 Å². The molecule has 3 aromatic carbocycles. The first kappa shape index (κ1) is 27.2. The Balaban J connectivity index is 1.36. The van der Waals surface area contributed by atoms with Crippen molar-refractivity contribution in [2.24, 2.45) is 0 Å². The molecule has 38 heavy (non-hydrogen) atoms. The van der Waals surface area contributed by atoms with Gasteiger partial charge in [-0.25, -0.2) is 12.7 Å². The van der Waals surface area contributed by atoms with Gasteiger partial charge in [0, 0.05) is 51.3 Å². The van der Waals surface area contributed by atoms with Crippen LogP contribution in [0.1, 0.15) is 23.1 Å². The van der Waals surface area contributed by atoms with E-state index >= 15 is 0 Å². The van der Waals surface area contributed by atoms with Crippen molar-refractivity contribution in [3.8, 4) is 16.9 Å². The first-order valence-electron chi connectivity index (χ1n) is 12.6. The lowest BCUT2D eigenvalue weighted by molar-refractivity contribution is -0.118. The Morgan fingerprint density at radius 2 is 1.53 bits per heavy atom. The predicted octanol–water partition coefficient (Wildman–Crippen LogP) is 5.36. The van der Waals surface area contributed by atoms with Gasteiger partial charge in [-0.1, -0.05) is 60.7 Å². The number of aryl methyl sites for hydroxylation is 1. The van der Waals surface area contributed by atoms with Crippen LogP contribution in [0.5, 0.6) is 5.75 Å². The van der Waals surface area contributed by atoms with Crippen molar-refractivity contribution < 1.29 is 17.9 Å². The normalized spacial score (nSPS) is 11.4. The molecule has 7 heteroatoms. The molecule has 0 atom stereocenters. The molecule has 0 spiro atoms. The Hall–Kier alpha value is -3.81. The second-order valence-electron chi connectivity index (χ2n) is 9.26. The highest BCUT2D eigenvalue weighted by Crippen LogP contribution is 2.31. The van der Waals surface area contributed by atoms with Crippen molar-refractivity contribution in [1.82, 2.24) is 9.29 Å². The zero-order chi connectivity index (χ0) is 27.0. The lowest BCUT2D eigenvalue weighted by atomic mass is 9.98. The standard InChI is InChI=1S/C31H32N2O4S/c1-33(2)38(35,36)31-12-6-5-11-30(31)29-10-4-3-9-26(29)19-21-37-28-17-14-24(15-18-28)22-27(34)16-13-25-8-7-20-32-23-25/h3-12,14-15,17-18,20,23H,13,16,19,21-22H2,1-2H3. The highest BCUT2D eigenvalue weighted by atomic mass is 32.2. The summed E-state index contributed by atoms with van der Waals surface area (Å²) in [7, 11) is -0.517. The molecule has 0 aliphatic heterocycles. The molecule has 0 saturated carbocycles. The number of benzene rings is 3. The Morgan fingerprint density at radius 3 is 2.24 bits per heavy atom. The van der Waals surface area contributed by atoms with E-state index in [4.69, 9.17) is 4.74 Å². The summed E-state index contributed by atoms with van der Waals surface area (Å²) in [6.07, 6.45) is 5.71. The summed E-state index contributed by atoms with van der Waals surface area (Å²) in [5.74, 6) is 0.917. The number of ether oxygens (including phenoxy) is 1. The molecule has 6 nitrogen and oxygen atoms in total. The molecule has 4 aromatic rings. The third-order valence-electron chi connectivity index (χ3n) is 6.33. The van der Waals surface area contributed by atoms with Crippen LogP contribution in [-0.4, -0.2) is 44.2 Å². The van der Waals surface area contributed by atoms with Gasteiger partial charge in [0.2, 0.25) is 10.0 Å². The molecule has 0 radical (unpaired) electrons. The molecule has 0 aliphatic rings. The van der Waals surface area contributed by atoms with Gasteiger partial charge in [0.25, 0.3) is 0 Å². The smallest absolute Gasteiger partial charge is 0.243 e. The summed E-state index contributed by atoms with van der Waals surface area (Å²) in [6.45, 7) is 0.434. The second-order valence-corrected chi connectivity index (χ2v) is 11.4. The number of rotatable bonds is 12. The minimum absolute atomic E-state index is 0.190. The number of sulfonamides is 1. The average Bonchev–Trinajstić information content (AvgIpc) is 2.93. The maximum Gasteiger partial charge on any atom is 0.243 e. The van der Waals surface area contributed by atoms with Gasteiger partial charge in [0.15, 0.2) is 0 Å². The number of ketones is 1.